The summed E-state index contributed by atoms with van der Waals surface area (Å²) in [6.45, 7) is 2.31. The summed E-state index contributed by atoms with van der Waals surface area (Å²) in [7, 11) is 0. The highest BCUT2D eigenvalue weighted by Gasteiger charge is 2.30. The van der Waals surface area contributed by atoms with Crippen molar-refractivity contribution in [1.82, 2.24) is 0 Å². The third-order valence-corrected chi connectivity index (χ3v) is 5.44. The lowest BCUT2D eigenvalue weighted by Gasteiger charge is -2.37. The maximum Gasteiger partial charge on any atom is 0.196 e. The zero-order chi connectivity index (χ0) is 13.7. The Hall–Kier alpha value is -0.840. The summed E-state index contributed by atoms with van der Waals surface area (Å²) >= 11 is 0. The van der Waals surface area contributed by atoms with E-state index in [1.54, 1.807) is 12.1 Å². The van der Waals surface area contributed by atoms with Crippen LogP contribution in [0.25, 0.3) is 0 Å². The van der Waals surface area contributed by atoms with Crippen molar-refractivity contribution in [3.05, 3.63) is 11.9 Å². The van der Waals surface area contributed by atoms with E-state index in [0.29, 0.717) is 5.92 Å². The Morgan fingerprint density at radius 3 is 2.05 bits per heavy atom. The van der Waals surface area contributed by atoms with Crippen LogP contribution in [-0.4, -0.2) is 0 Å². The second kappa shape index (κ2) is 7.08. The van der Waals surface area contributed by atoms with E-state index in [4.69, 9.17) is 5.26 Å². The van der Waals surface area contributed by atoms with Crippen LogP contribution in [0.5, 0.6) is 0 Å². The molecule has 2 aliphatic carbocycles. The Labute approximate surface area is 116 Å². The normalized spacial score (nSPS) is 36.8. The van der Waals surface area contributed by atoms with Crippen molar-refractivity contribution >= 4 is 0 Å². The van der Waals surface area contributed by atoms with Crippen molar-refractivity contribution in [2.24, 2.45) is 23.7 Å². The molecule has 0 saturated heterocycles. The molecule has 0 aromatic heterocycles. The van der Waals surface area contributed by atoms with Crippen LogP contribution in [0.2, 0.25) is 0 Å². The van der Waals surface area contributed by atoms with E-state index in [1.165, 1.54) is 44.9 Å². The summed E-state index contributed by atoms with van der Waals surface area (Å²) in [5.74, 6) is 2.48. The summed E-state index contributed by atoms with van der Waals surface area (Å²) < 4.78 is 13.0. The molecule has 1 nitrogen and oxygen atoms in total. The molecule has 0 N–H and O–H groups in total. The second-order valence-electron chi connectivity index (χ2n) is 6.49. The molecule has 0 unspecified atom stereocenters. The molecule has 19 heavy (non-hydrogen) atoms. The Kier molecular flexibility index (Phi) is 5.43. The van der Waals surface area contributed by atoms with E-state index < -0.39 is 5.83 Å². The van der Waals surface area contributed by atoms with Gasteiger partial charge in [0.05, 0.1) is 0 Å². The number of halogens is 1. The Balaban J connectivity index is 1.76. The summed E-state index contributed by atoms with van der Waals surface area (Å²) in [4.78, 5) is 0. The average molecular weight is 263 g/mol. The molecule has 0 aliphatic heterocycles. The first kappa shape index (κ1) is 14.6. The fraction of sp³-hybridized carbons (Fsp3) is 0.824. The molecule has 2 fully saturated rings. The Bertz CT molecular complexity index is 339. The van der Waals surface area contributed by atoms with Crippen molar-refractivity contribution in [2.45, 2.75) is 64.7 Å². The maximum atomic E-state index is 13.0. The van der Waals surface area contributed by atoms with E-state index in [9.17, 15) is 4.39 Å². The van der Waals surface area contributed by atoms with E-state index >= 15 is 0 Å². The lowest BCUT2D eigenvalue weighted by atomic mass is 9.69. The van der Waals surface area contributed by atoms with Gasteiger partial charge in [-0.3, -0.25) is 0 Å². The minimum Gasteiger partial charge on any atom is -0.195 e. The molecule has 0 atom stereocenters. The Morgan fingerprint density at radius 1 is 1.05 bits per heavy atom. The minimum atomic E-state index is -0.591. The quantitative estimate of drug-likeness (QED) is 0.626. The summed E-state index contributed by atoms with van der Waals surface area (Å²) in [6.07, 6.45) is 13.2. The van der Waals surface area contributed by atoms with E-state index in [1.807, 2.05) is 0 Å². The number of rotatable bonds is 3. The zero-order valence-corrected chi connectivity index (χ0v) is 12.1. The average Bonchev–Trinajstić information content (AvgIpc) is 2.48. The van der Waals surface area contributed by atoms with Crippen molar-refractivity contribution < 1.29 is 4.39 Å². The van der Waals surface area contributed by atoms with Crippen molar-refractivity contribution in [2.75, 3.05) is 0 Å². The van der Waals surface area contributed by atoms with Gasteiger partial charge in [-0.25, -0.2) is 0 Å². The second-order valence-corrected chi connectivity index (χ2v) is 6.49. The van der Waals surface area contributed by atoms with Crippen LogP contribution >= 0.6 is 0 Å². The van der Waals surface area contributed by atoms with E-state index in [2.05, 4.69) is 6.92 Å². The number of hydrogen-bond acceptors (Lipinski definition) is 1. The lowest BCUT2D eigenvalue weighted by Crippen LogP contribution is -2.25. The molecule has 0 aromatic rings. The molecule has 0 aromatic carbocycles. The van der Waals surface area contributed by atoms with Gasteiger partial charge in [-0.05, 0) is 68.3 Å². The van der Waals surface area contributed by atoms with Gasteiger partial charge in [0.1, 0.15) is 6.07 Å². The van der Waals surface area contributed by atoms with Gasteiger partial charge < -0.3 is 0 Å². The smallest absolute Gasteiger partial charge is 0.195 e. The van der Waals surface area contributed by atoms with Crippen LogP contribution in [0.3, 0.4) is 0 Å². The maximum absolute atomic E-state index is 13.0. The molecule has 0 bridgehead atoms. The minimum absolute atomic E-state index is 0.308. The first-order chi connectivity index (χ1) is 9.22. The molecular weight excluding hydrogens is 237 g/mol. The molecule has 2 heteroatoms. The van der Waals surface area contributed by atoms with Crippen molar-refractivity contribution in [1.29, 1.82) is 5.26 Å². The van der Waals surface area contributed by atoms with Crippen molar-refractivity contribution in [3.8, 4) is 6.07 Å². The third-order valence-electron chi connectivity index (χ3n) is 5.44. The third kappa shape index (κ3) is 4.06. The lowest BCUT2D eigenvalue weighted by molar-refractivity contribution is 0.154. The monoisotopic (exact) mass is 263 g/mol. The van der Waals surface area contributed by atoms with Gasteiger partial charge in [-0.2, -0.15) is 9.65 Å². The molecule has 2 aliphatic rings. The molecule has 0 heterocycles. The first-order valence-electron chi connectivity index (χ1n) is 8.00. The van der Waals surface area contributed by atoms with Crippen LogP contribution in [0, 0.1) is 35.0 Å². The predicted molar refractivity (Wildman–Crippen MR) is 76.0 cm³/mol. The first-order valence-corrected chi connectivity index (χ1v) is 8.00. The summed E-state index contributed by atoms with van der Waals surface area (Å²) in [5.41, 5.74) is 0. The van der Waals surface area contributed by atoms with E-state index in [-0.39, 0.29) is 0 Å². The Morgan fingerprint density at radius 2 is 1.58 bits per heavy atom. The number of nitrogens with zero attached hydrogens (tertiary/aromatic N) is 1. The zero-order valence-electron chi connectivity index (χ0n) is 12.1. The number of allylic oxidation sites excluding steroid dienone is 2. The van der Waals surface area contributed by atoms with Gasteiger partial charge in [0.15, 0.2) is 5.83 Å². The van der Waals surface area contributed by atoms with Crippen LogP contribution < -0.4 is 0 Å². The largest absolute Gasteiger partial charge is 0.196 e. The van der Waals surface area contributed by atoms with Crippen molar-refractivity contribution in [3.63, 3.8) is 0 Å². The fourth-order valence-electron chi connectivity index (χ4n) is 4.10. The molecule has 0 radical (unpaired) electrons. The molecular formula is C17H26FN. The van der Waals surface area contributed by atoms with Gasteiger partial charge >= 0.3 is 0 Å². The van der Waals surface area contributed by atoms with Gasteiger partial charge in [-0.1, -0.05) is 26.2 Å². The van der Waals surface area contributed by atoms with Gasteiger partial charge in [0, 0.05) is 0 Å². The van der Waals surface area contributed by atoms with Crippen LogP contribution in [-0.2, 0) is 0 Å². The van der Waals surface area contributed by atoms with E-state index in [0.717, 1.165) is 30.6 Å². The SMILES string of the molecule is CCC1CCC(C2CCC(/C=C(/F)C#N)CC2)CC1. The highest BCUT2D eigenvalue weighted by Crippen LogP contribution is 2.42. The number of nitriles is 1. The van der Waals surface area contributed by atoms with Crippen LogP contribution in [0.15, 0.2) is 11.9 Å². The van der Waals surface area contributed by atoms with Gasteiger partial charge in [-0.15, -0.1) is 0 Å². The molecule has 2 saturated carbocycles. The topological polar surface area (TPSA) is 23.8 Å². The molecule has 0 amide bonds. The molecule has 106 valence electrons. The van der Waals surface area contributed by atoms with Gasteiger partial charge in [0.25, 0.3) is 0 Å². The molecule has 2 rings (SSSR count). The highest BCUT2D eigenvalue weighted by atomic mass is 19.1. The van der Waals surface area contributed by atoms with Crippen LogP contribution in [0.1, 0.15) is 64.7 Å². The van der Waals surface area contributed by atoms with Crippen LogP contribution in [0.4, 0.5) is 4.39 Å². The highest BCUT2D eigenvalue weighted by molar-refractivity contribution is 5.13. The summed E-state index contributed by atoms with van der Waals surface area (Å²) in [6, 6.07) is 1.59. The number of hydrogen-bond donors (Lipinski definition) is 0. The predicted octanol–water partition coefficient (Wildman–Crippen LogP) is 5.39. The summed E-state index contributed by atoms with van der Waals surface area (Å²) in [5, 5.41) is 8.48. The standard InChI is InChI=1S/C17H26FN/c1-2-13-3-7-15(8-4-13)16-9-5-14(6-10-16)11-17(18)12-19/h11,13-16H,2-10H2,1H3/b17-11+. The fourth-order valence-corrected chi connectivity index (χ4v) is 4.10. The molecule has 0 spiro atoms. The van der Waals surface area contributed by atoms with Gasteiger partial charge in [0.2, 0.25) is 0 Å².